The normalized spacial score (nSPS) is 27.4. The molecule has 1 aliphatic heterocycles. The molecule has 0 radical (unpaired) electrons. The van der Waals surface area contributed by atoms with Crippen molar-refractivity contribution in [3.63, 3.8) is 0 Å². The van der Waals surface area contributed by atoms with Crippen LogP contribution in [0, 0.1) is 5.41 Å². The molecular formula is C14H22N2O2. The Bertz CT molecular complexity index is 414. The number of nitrogens with zero attached hydrogens (tertiary/aromatic N) is 2. The Morgan fingerprint density at radius 3 is 2.67 bits per heavy atom. The highest BCUT2D eigenvalue weighted by atomic mass is 16.5. The lowest BCUT2D eigenvalue weighted by molar-refractivity contribution is -0.0111. The van der Waals surface area contributed by atoms with Crippen LogP contribution in [0.25, 0.3) is 0 Å². The molecule has 1 atom stereocenters. The van der Waals surface area contributed by atoms with E-state index in [9.17, 15) is 5.11 Å². The van der Waals surface area contributed by atoms with E-state index in [4.69, 9.17) is 4.74 Å². The summed E-state index contributed by atoms with van der Waals surface area (Å²) in [4.78, 5) is 6.58. The summed E-state index contributed by atoms with van der Waals surface area (Å²) < 4.78 is 5.19. The smallest absolute Gasteiger partial charge is 0.122 e. The van der Waals surface area contributed by atoms with Crippen LogP contribution in [0.15, 0.2) is 18.3 Å². The molecule has 0 saturated carbocycles. The zero-order valence-corrected chi connectivity index (χ0v) is 11.6. The van der Waals surface area contributed by atoms with E-state index in [1.54, 1.807) is 13.3 Å². The molecule has 4 heteroatoms. The van der Waals surface area contributed by atoms with Crippen LogP contribution in [0.4, 0.5) is 0 Å². The van der Waals surface area contributed by atoms with Crippen LogP contribution in [0.1, 0.15) is 26.5 Å². The van der Waals surface area contributed by atoms with Crippen LogP contribution >= 0.6 is 0 Å². The lowest BCUT2D eigenvalue weighted by atomic mass is 9.79. The summed E-state index contributed by atoms with van der Waals surface area (Å²) in [5.74, 6) is 0.824. The Morgan fingerprint density at radius 2 is 2.11 bits per heavy atom. The van der Waals surface area contributed by atoms with Crippen LogP contribution in [0.3, 0.4) is 0 Å². The van der Waals surface area contributed by atoms with Crippen molar-refractivity contribution in [1.82, 2.24) is 9.88 Å². The first-order valence-electron chi connectivity index (χ1n) is 6.28. The van der Waals surface area contributed by atoms with Crippen LogP contribution in [0.5, 0.6) is 5.75 Å². The highest BCUT2D eigenvalue weighted by Gasteiger charge is 2.47. The minimum Gasteiger partial charge on any atom is -0.497 e. The number of pyridine rings is 1. The van der Waals surface area contributed by atoms with Crippen LogP contribution < -0.4 is 4.74 Å². The molecule has 18 heavy (non-hydrogen) atoms. The van der Waals surface area contributed by atoms with Crippen molar-refractivity contribution in [2.45, 2.75) is 32.9 Å². The minimum absolute atomic E-state index is 0.0914. The second-order valence-corrected chi connectivity index (χ2v) is 5.99. The molecule has 4 nitrogen and oxygen atoms in total. The van der Waals surface area contributed by atoms with Crippen LogP contribution in [-0.2, 0) is 6.54 Å². The third-order valence-corrected chi connectivity index (χ3v) is 4.02. The number of methoxy groups -OCH3 is 1. The van der Waals surface area contributed by atoms with Crippen LogP contribution in [0.2, 0.25) is 0 Å². The molecule has 2 heterocycles. The number of aromatic nitrogens is 1. The van der Waals surface area contributed by atoms with Crippen molar-refractivity contribution in [3.8, 4) is 5.75 Å². The average Bonchev–Trinajstić information content (AvgIpc) is 2.47. The predicted octanol–water partition coefficient (Wildman–Crippen LogP) is 1.68. The van der Waals surface area contributed by atoms with Crippen molar-refractivity contribution >= 4 is 0 Å². The minimum atomic E-state index is -0.647. The van der Waals surface area contributed by atoms with Crippen molar-refractivity contribution in [2.75, 3.05) is 20.2 Å². The number of ether oxygens (including phenoxy) is 1. The lowest BCUT2D eigenvalue weighted by Gasteiger charge is -2.31. The molecule has 1 aromatic heterocycles. The van der Waals surface area contributed by atoms with Gasteiger partial charge in [-0.2, -0.15) is 0 Å². The first-order chi connectivity index (χ1) is 8.34. The van der Waals surface area contributed by atoms with Gasteiger partial charge in [0.05, 0.1) is 18.4 Å². The monoisotopic (exact) mass is 250 g/mol. The molecule has 1 saturated heterocycles. The van der Waals surface area contributed by atoms with Gasteiger partial charge >= 0.3 is 0 Å². The van der Waals surface area contributed by atoms with Crippen molar-refractivity contribution in [1.29, 1.82) is 0 Å². The molecule has 0 amide bonds. The van der Waals surface area contributed by atoms with Gasteiger partial charge in [-0.1, -0.05) is 13.8 Å². The van der Waals surface area contributed by atoms with E-state index in [1.807, 2.05) is 19.1 Å². The number of hydrogen-bond donors (Lipinski definition) is 1. The van der Waals surface area contributed by atoms with Crippen molar-refractivity contribution < 1.29 is 9.84 Å². The number of aliphatic hydroxyl groups is 1. The van der Waals surface area contributed by atoms with Gasteiger partial charge in [-0.3, -0.25) is 9.88 Å². The Labute approximate surface area is 109 Å². The van der Waals surface area contributed by atoms with Gasteiger partial charge in [-0.15, -0.1) is 0 Å². The van der Waals surface area contributed by atoms with Gasteiger partial charge in [0.15, 0.2) is 0 Å². The van der Waals surface area contributed by atoms with Crippen LogP contribution in [-0.4, -0.2) is 40.8 Å². The number of β-amino-alcohol motifs (C(OH)–C–C–N with tert-alkyl or cyclic N) is 1. The maximum Gasteiger partial charge on any atom is 0.122 e. The molecule has 1 N–H and O–H groups in total. The van der Waals surface area contributed by atoms with Gasteiger partial charge in [0.25, 0.3) is 0 Å². The first-order valence-corrected chi connectivity index (χ1v) is 6.28. The molecule has 100 valence electrons. The molecule has 0 unspecified atom stereocenters. The lowest BCUT2D eigenvalue weighted by Crippen LogP contribution is -2.40. The highest BCUT2D eigenvalue weighted by molar-refractivity contribution is 5.22. The SMILES string of the molecule is COc1ccnc(CN2CC(C)(C)[C@@](C)(O)C2)c1. The molecule has 1 fully saturated rings. The second-order valence-electron chi connectivity index (χ2n) is 5.99. The highest BCUT2D eigenvalue weighted by Crippen LogP contribution is 2.38. The number of hydrogen-bond acceptors (Lipinski definition) is 4. The Balaban J connectivity index is 2.07. The van der Waals surface area contributed by atoms with E-state index >= 15 is 0 Å². The maximum absolute atomic E-state index is 10.4. The van der Waals surface area contributed by atoms with Crippen molar-refractivity contribution in [2.24, 2.45) is 5.41 Å². The predicted molar refractivity (Wildman–Crippen MR) is 70.5 cm³/mol. The van der Waals surface area contributed by atoms with E-state index < -0.39 is 5.60 Å². The Hall–Kier alpha value is -1.13. The molecule has 0 aromatic carbocycles. The zero-order chi connectivity index (χ0) is 13.4. The van der Waals surface area contributed by atoms with E-state index in [-0.39, 0.29) is 5.41 Å². The van der Waals surface area contributed by atoms with E-state index in [0.29, 0.717) is 6.54 Å². The summed E-state index contributed by atoms with van der Waals surface area (Å²) >= 11 is 0. The summed E-state index contributed by atoms with van der Waals surface area (Å²) in [6.07, 6.45) is 1.76. The van der Waals surface area contributed by atoms with Gasteiger partial charge < -0.3 is 9.84 Å². The second kappa shape index (κ2) is 4.52. The summed E-state index contributed by atoms with van der Waals surface area (Å²) in [5.41, 5.74) is 0.237. The topological polar surface area (TPSA) is 45.6 Å². The summed E-state index contributed by atoms with van der Waals surface area (Å²) in [5, 5.41) is 10.4. The average molecular weight is 250 g/mol. The van der Waals surface area contributed by atoms with E-state index in [1.165, 1.54) is 0 Å². The Morgan fingerprint density at radius 1 is 1.39 bits per heavy atom. The molecule has 0 bridgehead atoms. The fourth-order valence-electron chi connectivity index (χ4n) is 2.45. The summed E-state index contributed by atoms with van der Waals surface area (Å²) in [6, 6.07) is 3.79. The summed E-state index contributed by atoms with van der Waals surface area (Å²) in [7, 11) is 1.66. The number of likely N-dealkylation sites (tertiary alicyclic amines) is 1. The van der Waals surface area contributed by atoms with Gasteiger partial charge in [0.1, 0.15) is 5.75 Å². The summed E-state index contributed by atoms with van der Waals surface area (Å²) in [6.45, 7) is 8.42. The molecule has 0 spiro atoms. The quantitative estimate of drug-likeness (QED) is 0.886. The van der Waals surface area contributed by atoms with Gasteiger partial charge in [-0.25, -0.2) is 0 Å². The number of rotatable bonds is 3. The van der Waals surface area contributed by atoms with Gasteiger partial charge in [0.2, 0.25) is 0 Å². The molecule has 0 aliphatic carbocycles. The molecule has 1 aliphatic rings. The first kappa shape index (κ1) is 13.3. The van der Waals surface area contributed by atoms with Gasteiger partial charge in [0, 0.05) is 37.3 Å². The van der Waals surface area contributed by atoms with E-state index in [0.717, 1.165) is 24.5 Å². The largest absolute Gasteiger partial charge is 0.497 e. The molecular weight excluding hydrogens is 228 g/mol. The van der Waals surface area contributed by atoms with Gasteiger partial charge in [-0.05, 0) is 13.0 Å². The maximum atomic E-state index is 10.4. The standard InChI is InChI=1S/C14H22N2O2/c1-13(2)9-16(10-14(13,3)17)8-11-7-12(18-4)5-6-15-11/h5-7,17H,8-10H2,1-4H3/t14-/m0/s1. The zero-order valence-electron chi connectivity index (χ0n) is 11.6. The molecule has 1 aromatic rings. The molecule has 2 rings (SSSR count). The fraction of sp³-hybridized carbons (Fsp3) is 0.643. The third-order valence-electron chi connectivity index (χ3n) is 4.02. The van der Waals surface area contributed by atoms with Crippen molar-refractivity contribution in [3.05, 3.63) is 24.0 Å². The third kappa shape index (κ3) is 2.49. The fourth-order valence-corrected chi connectivity index (χ4v) is 2.45. The van der Waals surface area contributed by atoms with E-state index in [2.05, 4.69) is 23.7 Å². The Kier molecular flexibility index (Phi) is 3.34.